The summed E-state index contributed by atoms with van der Waals surface area (Å²) in [7, 11) is 0. The molecule has 1 fully saturated rings. The second-order valence-corrected chi connectivity index (χ2v) is 15.7. The van der Waals surface area contributed by atoms with Crippen LogP contribution >= 0.6 is 11.3 Å². The smallest absolute Gasteiger partial charge is 0.246 e. The van der Waals surface area contributed by atoms with Crippen molar-refractivity contribution in [3.05, 3.63) is 70.6 Å². The van der Waals surface area contributed by atoms with Crippen LogP contribution in [0.5, 0.6) is 5.75 Å². The number of thiazole rings is 1. The first-order valence-electron chi connectivity index (χ1n) is 17.8. The van der Waals surface area contributed by atoms with E-state index in [0.29, 0.717) is 18.4 Å². The average molecular weight is 738 g/mol. The zero-order valence-electron chi connectivity index (χ0n) is 30.9. The summed E-state index contributed by atoms with van der Waals surface area (Å²) in [4.78, 5) is 58.6. The van der Waals surface area contributed by atoms with Crippen LogP contribution in [0.1, 0.15) is 89.6 Å². The lowest BCUT2D eigenvalue weighted by Crippen LogP contribution is -2.57. The number of halogens is 1. The van der Waals surface area contributed by atoms with Gasteiger partial charge < -0.3 is 31.1 Å². The second kappa shape index (κ2) is 17.9. The van der Waals surface area contributed by atoms with Crippen molar-refractivity contribution in [3.63, 3.8) is 0 Å². The van der Waals surface area contributed by atoms with Gasteiger partial charge in [-0.3, -0.25) is 19.2 Å². The maximum absolute atomic E-state index is 15.2. The van der Waals surface area contributed by atoms with Crippen LogP contribution in [0.4, 0.5) is 4.39 Å². The Labute approximate surface area is 309 Å². The molecule has 5 N–H and O–H groups in total. The lowest BCUT2D eigenvalue weighted by atomic mass is 9.85. The van der Waals surface area contributed by atoms with E-state index in [2.05, 4.69) is 15.6 Å². The third-order valence-corrected chi connectivity index (χ3v) is 10.3. The lowest BCUT2D eigenvalue weighted by Gasteiger charge is -2.35. The Kier molecular flexibility index (Phi) is 13.9. The SMILES string of the molecule is Cc1ncsc1-c1ccc([C@H](C)NC(=O)[C@@H]2C[C@@H](O)CN2C(=O)[C@@H](NC(=O)CCCc2cccc(OC[C@@H](C)CCC(N)=O)c2F)C(C)(C)C)cc1. The zero-order valence-corrected chi connectivity index (χ0v) is 31.7. The van der Waals surface area contributed by atoms with E-state index in [1.165, 1.54) is 11.0 Å². The van der Waals surface area contributed by atoms with E-state index in [1.807, 2.05) is 71.3 Å². The van der Waals surface area contributed by atoms with Gasteiger partial charge in [0.05, 0.1) is 34.8 Å². The topological polar surface area (TPSA) is 164 Å². The molecule has 2 heterocycles. The van der Waals surface area contributed by atoms with Crippen molar-refractivity contribution in [1.29, 1.82) is 0 Å². The zero-order chi connectivity index (χ0) is 38.2. The lowest BCUT2D eigenvalue weighted by molar-refractivity contribution is -0.144. The van der Waals surface area contributed by atoms with Gasteiger partial charge in [-0.05, 0) is 67.2 Å². The summed E-state index contributed by atoms with van der Waals surface area (Å²) in [5, 5.41) is 16.4. The number of ether oxygens (including phenoxy) is 1. The van der Waals surface area contributed by atoms with Crippen LogP contribution in [-0.4, -0.2) is 70.0 Å². The highest BCUT2D eigenvalue weighted by molar-refractivity contribution is 7.13. The number of aryl methyl sites for hydroxylation is 2. The molecule has 2 aromatic carbocycles. The molecule has 5 atom stereocenters. The molecular formula is C39H52FN5O6S. The molecule has 13 heteroatoms. The number of aromatic nitrogens is 1. The molecule has 1 aliphatic rings. The summed E-state index contributed by atoms with van der Waals surface area (Å²) in [6.07, 6.45) is 0.604. The highest BCUT2D eigenvalue weighted by atomic mass is 32.1. The van der Waals surface area contributed by atoms with Crippen molar-refractivity contribution < 1.29 is 33.4 Å². The van der Waals surface area contributed by atoms with Crippen molar-refractivity contribution in [2.24, 2.45) is 17.1 Å². The monoisotopic (exact) mass is 737 g/mol. The minimum Gasteiger partial charge on any atom is -0.490 e. The first-order valence-corrected chi connectivity index (χ1v) is 18.7. The van der Waals surface area contributed by atoms with Crippen molar-refractivity contribution in [2.75, 3.05) is 13.2 Å². The van der Waals surface area contributed by atoms with Crippen LogP contribution < -0.4 is 21.1 Å². The molecule has 4 rings (SSSR count). The molecule has 0 unspecified atom stereocenters. The number of amides is 4. The normalized spacial score (nSPS) is 17.7. The van der Waals surface area contributed by atoms with E-state index < -0.39 is 41.2 Å². The molecule has 11 nitrogen and oxygen atoms in total. The summed E-state index contributed by atoms with van der Waals surface area (Å²) >= 11 is 1.57. The number of benzene rings is 2. The predicted molar refractivity (Wildman–Crippen MR) is 199 cm³/mol. The molecule has 1 saturated heterocycles. The van der Waals surface area contributed by atoms with Crippen molar-refractivity contribution in [2.45, 2.75) is 104 Å². The number of nitrogens with zero attached hydrogens (tertiary/aromatic N) is 2. The molecule has 0 aliphatic carbocycles. The van der Waals surface area contributed by atoms with Crippen molar-refractivity contribution in [1.82, 2.24) is 20.5 Å². The molecule has 3 aromatic rings. The van der Waals surface area contributed by atoms with E-state index in [9.17, 15) is 24.3 Å². The van der Waals surface area contributed by atoms with Crippen molar-refractivity contribution >= 4 is 35.0 Å². The highest BCUT2D eigenvalue weighted by Crippen LogP contribution is 2.30. The summed E-state index contributed by atoms with van der Waals surface area (Å²) < 4.78 is 20.9. The molecule has 0 radical (unpaired) electrons. The molecule has 0 spiro atoms. The van der Waals surface area contributed by atoms with Crippen LogP contribution in [0.3, 0.4) is 0 Å². The van der Waals surface area contributed by atoms with E-state index in [0.717, 1.165) is 21.7 Å². The minimum absolute atomic E-state index is 0.0115. The van der Waals surface area contributed by atoms with Gasteiger partial charge in [-0.15, -0.1) is 11.3 Å². The quantitative estimate of drug-likeness (QED) is 0.156. The Morgan fingerprint density at radius 1 is 1.10 bits per heavy atom. The van der Waals surface area contributed by atoms with Gasteiger partial charge in [-0.1, -0.05) is 64.1 Å². The fourth-order valence-electron chi connectivity index (χ4n) is 6.25. The third kappa shape index (κ3) is 10.8. The number of carbonyl (C=O) groups is 4. The minimum atomic E-state index is -0.967. The number of primary amides is 1. The molecule has 0 saturated carbocycles. The summed E-state index contributed by atoms with van der Waals surface area (Å²) in [5.74, 6) is -1.99. The average Bonchev–Trinajstić information content (AvgIpc) is 3.70. The van der Waals surface area contributed by atoms with E-state index in [1.54, 1.807) is 23.5 Å². The Balaban J connectivity index is 1.34. The van der Waals surface area contributed by atoms with Gasteiger partial charge in [-0.2, -0.15) is 0 Å². The second-order valence-electron chi connectivity index (χ2n) is 14.9. The van der Waals surface area contributed by atoms with Crippen molar-refractivity contribution in [3.8, 4) is 16.2 Å². The predicted octanol–water partition coefficient (Wildman–Crippen LogP) is 5.23. The number of aliphatic hydroxyl groups is 1. The number of likely N-dealkylation sites (tertiary alicyclic amines) is 1. The Morgan fingerprint density at radius 3 is 2.44 bits per heavy atom. The molecule has 282 valence electrons. The number of hydrogen-bond acceptors (Lipinski definition) is 8. The fourth-order valence-corrected chi connectivity index (χ4v) is 7.06. The van der Waals surface area contributed by atoms with Gasteiger partial charge in [-0.25, -0.2) is 9.37 Å². The van der Waals surface area contributed by atoms with Gasteiger partial charge in [0, 0.05) is 25.8 Å². The number of β-amino-alcohol motifs (C(OH)–C–C–N with tert-alkyl or cyclic N) is 1. The molecule has 4 amide bonds. The van der Waals surface area contributed by atoms with Gasteiger partial charge in [0.1, 0.15) is 12.1 Å². The van der Waals surface area contributed by atoms with Gasteiger partial charge >= 0.3 is 0 Å². The number of carbonyl (C=O) groups excluding carboxylic acids is 4. The Bertz CT molecular complexity index is 1710. The van der Waals surface area contributed by atoms with Crippen LogP contribution in [0, 0.1) is 24.1 Å². The van der Waals surface area contributed by atoms with E-state index >= 15 is 4.39 Å². The van der Waals surface area contributed by atoms with Crippen LogP contribution in [0.2, 0.25) is 0 Å². The summed E-state index contributed by atoms with van der Waals surface area (Å²) in [6, 6.07) is 10.5. The highest BCUT2D eigenvalue weighted by Gasteiger charge is 2.44. The van der Waals surface area contributed by atoms with E-state index in [4.69, 9.17) is 10.5 Å². The number of nitrogens with two attached hydrogens (primary N) is 1. The largest absolute Gasteiger partial charge is 0.490 e. The first-order chi connectivity index (χ1) is 24.5. The third-order valence-electron chi connectivity index (χ3n) is 9.36. The number of aliphatic hydroxyl groups excluding tert-OH is 1. The number of rotatable bonds is 16. The number of nitrogens with one attached hydrogen (secondary N) is 2. The van der Waals surface area contributed by atoms with Crippen LogP contribution in [0.15, 0.2) is 48.0 Å². The van der Waals surface area contributed by atoms with Crippen LogP contribution in [0.25, 0.3) is 10.4 Å². The maximum atomic E-state index is 15.2. The molecular weight excluding hydrogens is 686 g/mol. The Morgan fingerprint density at radius 2 is 1.81 bits per heavy atom. The van der Waals surface area contributed by atoms with E-state index in [-0.39, 0.29) is 68.4 Å². The summed E-state index contributed by atoms with van der Waals surface area (Å²) in [5.41, 5.74) is 9.60. The van der Waals surface area contributed by atoms with Gasteiger partial charge in [0.2, 0.25) is 23.6 Å². The first kappa shape index (κ1) is 40.4. The summed E-state index contributed by atoms with van der Waals surface area (Å²) in [6.45, 7) is 11.4. The fraction of sp³-hybridized carbons (Fsp3) is 0.513. The molecule has 52 heavy (non-hydrogen) atoms. The van der Waals surface area contributed by atoms with Gasteiger partial charge in [0.25, 0.3) is 0 Å². The molecule has 0 bridgehead atoms. The Hall–Kier alpha value is -4.36. The maximum Gasteiger partial charge on any atom is 0.246 e. The standard InChI is InChI=1S/C39H52FN5O6S/c1-23(13-18-32(41)47)21-51-31-11-7-9-27(34(31)40)10-8-12-33(48)44-36(39(4,5)6)38(50)45-20-29(46)19-30(45)37(49)43-24(2)26-14-16-28(17-15-26)35-25(3)42-22-52-35/h7,9,11,14-17,22-24,29-30,36,46H,8,10,12-13,18-21H2,1-6H3,(H2,41,47)(H,43,49)(H,44,48)/t23-,24-,29+,30-,36+/m0/s1. The van der Waals surface area contributed by atoms with Gasteiger partial charge in [0.15, 0.2) is 11.6 Å². The van der Waals surface area contributed by atoms with Crippen LogP contribution in [-0.2, 0) is 25.6 Å². The molecule has 1 aromatic heterocycles. The molecule has 1 aliphatic heterocycles. The number of hydrogen-bond donors (Lipinski definition) is 4.